The Hall–Kier alpha value is -2.81. The first-order valence-electron chi connectivity index (χ1n) is 9.74. The molecule has 0 unspecified atom stereocenters. The van der Waals surface area contributed by atoms with E-state index in [0.29, 0.717) is 6.54 Å². The van der Waals surface area contributed by atoms with E-state index in [-0.39, 0.29) is 5.91 Å². The number of likely N-dealkylation sites (N-methyl/N-ethyl adjacent to an activating group) is 1. The molecule has 1 heterocycles. The highest BCUT2D eigenvalue weighted by atomic mass is 16.2. The first kappa shape index (κ1) is 19.0. The molecule has 3 heteroatoms. The fraction of sp³-hybridized carbons (Fsp3) is 0.292. The molecule has 2 aromatic carbocycles. The van der Waals surface area contributed by atoms with Crippen LogP contribution in [0.15, 0.2) is 72.9 Å². The lowest BCUT2D eigenvalue weighted by Gasteiger charge is -2.28. The lowest BCUT2D eigenvalue weighted by molar-refractivity contribution is -0.125. The van der Waals surface area contributed by atoms with Crippen LogP contribution >= 0.6 is 0 Å². The number of para-hydroxylation sites is 1. The number of carbonyl (C=O) groups excluding carboxylic acids is 1. The molecule has 0 saturated carbocycles. The number of hydrogen-bond donors (Lipinski definition) is 0. The molecule has 0 spiro atoms. The van der Waals surface area contributed by atoms with Crippen molar-refractivity contribution in [2.45, 2.75) is 32.7 Å². The van der Waals surface area contributed by atoms with Crippen LogP contribution in [-0.4, -0.2) is 24.4 Å². The largest absolute Gasteiger partial charge is 0.347 e. The lowest BCUT2D eigenvalue weighted by Crippen LogP contribution is -2.25. The van der Waals surface area contributed by atoms with Crippen molar-refractivity contribution >= 4 is 17.2 Å². The maximum absolute atomic E-state index is 12.7. The van der Waals surface area contributed by atoms with Gasteiger partial charge in [0.1, 0.15) is 0 Å². The number of rotatable bonds is 7. The molecular weight excluding hydrogens is 332 g/mol. The summed E-state index contributed by atoms with van der Waals surface area (Å²) in [4.78, 5) is 16.8. The van der Waals surface area contributed by atoms with Gasteiger partial charge in [-0.15, -0.1) is 0 Å². The highest BCUT2D eigenvalue weighted by Gasteiger charge is 2.17. The average Bonchev–Trinajstić information content (AvgIpc) is 2.70. The van der Waals surface area contributed by atoms with E-state index in [0.717, 1.165) is 23.2 Å². The van der Waals surface area contributed by atoms with Crippen LogP contribution in [0.25, 0.3) is 5.57 Å². The van der Waals surface area contributed by atoms with Crippen LogP contribution in [0.2, 0.25) is 0 Å². The second kappa shape index (κ2) is 9.22. The molecule has 140 valence electrons. The van der Waals surface area contributed by atoms with Gasteiger partial charge >= 0.3 is 0 Å². The van der Waals surface area contributed by atoms with Crippen molar-refractivity contribution in [2.75, 3.05) is 18.5 Å². The Morgan fingerprint density at radius 1 is 1.04 bits per heavy atom. The molecule has 0 aliphatic carbocycles. The summed E-state index contributed by atoms with van der Waals surface area (Å²) >= 11 is 0. The van der Waals surface area contributed by atoms with Gasteiger partial charge in [-0.25, -0.2) is 0 Å². The number of carbonyl (C=O) groups is 1. The van der Waals surface area contributed by atoms with Crippen LogP contribution in [-0.2, 0) is 11.3 Å². The van der Waals surface area contributed by atoms with E-state index in [9.17, 15) is 4.79 Å². The fourth-order valence-corrected chi connectivity index (χ4v) is 3.34. The quantitative estimate of drug-likeness (QED) is 0.497. The number of fused-ring (bicyclic) bond motifs is 1. The zero-order valence-electron chi connectivity index (χ0n) is 16.3. The average molecular weight is 361 g/mol. The van der Waals surface area contributed by atoms with Gasteiger partial charge in [-0.05, 0) is 29.7 Å². The maximum atomic E-state index is 12.7. The molecule has 0 bridgehead atoms. The van der Waals surface area contributed by atoms with E-state index in [1.54, 1.807) is 11.0 Å². The van der Waals surface area contributed by atoms with Crippen LogP contribution in [0.4, 0.5) is 5.69 Å². The van der Waals surface area contributed by atoms with Gasteiger partial charge in [0.25, 0.3) is 0 Å². The number of anilines is 1. The number of amides is 1. The molecule has 3 nitrogen and oxygen atoms in total. The summed E-state index contributed by atoms with van der Waals surface area (Å²) in [6.07, 6.45) is 9.54. The van der Waals surface area contributed by atoms with Crippen molar-refractivity contribution in [1.29, 1.82) is 0 Å². The summed E-state index contributed by atoms with van der Waals surface area (Å²) in [5.74, 6) is 0.0211. The predicted octanol–water partition coefficient (Wildman–Crippen LogP) is 5.25. The normalized spacial score (nSPS) is 14.3. The highest BCUT2D eigenvalue weighted by Crippen LogP contribution is 2.33. The molecule has 0 atom stereocenters. The summed E-state index contributed by atoms with van der Waals surface area (Å²) in [5, 5.41) is 0. The van der Waals surface area contributed by atoms with Crippen LogP contribution in [0.3, 0.4) is 0 Å². The Bertz CT molecular complexity index is 823. The van der Waals surface area contributed by atoms with Crippen LogP contribution < -0.4 is 4.90 Å². The molecule has 1 aliphatic rings. The van der Waals surface area contributed by atoms with E-state index in [1.807, 2.05) is 43.4 Å². The minimum absolute atomic E-state index is 0.0211. The number of allylic oxidation sites excluding steroid dienone is 2. The van der Waals surface area contributed by atoms with Gasteiger partial charge in [-0.1, -0.05) is 68.3 Å². The first-order chi connectivity index (χ1) is 13.2. The highest BCUT2D eigenvalue weighted by molar-refractivity contribution is 6.00. The molecule has 0 radical (unpaired) electrons. The summed E-state index contributed by atoms with van der Waals surface area (Å²) in [6, 6.07) is 18.4. The Balaban J connectivity index is 1.76. The Morgan fingerprint density at radius 2 is 1.78 bits per heavy atom. The zero-order chi connectivity index (χ0) is 19.1. The summed E-state index contributed by atoms with van der Waals surface area (Å²) in [5.41, 5.74) is 4.41. The van der Waals surface area contributed by atoms with E-state index >= 15 is 0 Å². The van der Waals surface area contributed by atoms with Crippen LogP contribution in [0, 0.1) is 0 Å². The van der Waals surface area contributed by atoms with E-state index in [4.69, 9.17) is 0 Å². The molecule has 0 saturated heterocycles. The second-order valence-electron chi connectivity index (χ2n) is 7.01. The topological polar surface area (TPSA) is 23.6 Å². The molecule has 3 rings (SSSR count). The van der Waals surface area contributed by atoms with Gasteiger partial charge in [-0.2, -0.15) is 0 Å². The number of nitrogens with zero attached hydrogens (tertiary/aromatic N) is 2. The molecule has 0 aromatic heterocycles. The van der Waals surface area contributed by atoms with Gasteiger partial charge in [0, 0.05) is 43.7 Å². The van der Waals surface area contributed by atoms with Crippen molar-refractivity contribution in [3.05, 3.63) is 84.1 Å². The summed E-state index contributed by atoms with van der Waals surface area (Å²) in [6.45, 7) is 3.84. The predicted molar refractivity (Wildman–Crippen MR) is 113 cm³/mol. The first-order valence-corrected chi connectivity index (χ1v) is 9.74. The van der Waals surface area contributed by atoms with Crippen molar-refractivity contribution in [2.24, 2.45) is 0 Å². The van der Waals surface area contributed by atoms with Gasteiger partial charge in [-0.3, -0.25) is 4.79 Å². The fourth-order valence-electron chi connectivity index (χ4n) is 3.34. The van der Waals surface area contributed by atoms with Gasteiger partial charge < -0.3 is 9.80 Å². The lowest BCUT2D eigenvalue weighted by atomic mass is 9.99. The van der Waals surface area contributed by atoms with E-state index in [2.05, 4.69) is 42.3 Å². The third-order valence-electron chi connectivity index (χ3n) is 4.88. The van der Waals surface area contributed by atoms with Crippen LogP contribution in [0.5, 0.6) is 0 Å². The molecule has 27 heavy (non-hydrogen) atoms. The molecule has 0 fully saturated rings. The second-order valence-corrected chi connectivity index (χ2v) is 7.01. The maximum Gasteiger partial charge on any atom is 0.247 e. The number of unbranched alkanes of at least 4 members (excludes halogenated alkanes) is 2. The minimum Gasteiger partial charge on any atom is -0.347 e. The van der Waals surface area contributed by atoms with Crippen LogP contribution in [0.1, 0.15) is 37.3 Å². The van der Waals surface area contributed by atoms with E-state index < -0.39 is 0 Å². The third kappa shape index (κ3) is 4.88. The molecule has 1 aliphatic heterocycles. The minimum atomic E-state index is 0.0211. The third-order valence-corrected chi connectivity index (χ3v) is 4.88. The van der Waals surface area contributed by atoms with Crippen molar-refractivity contribution in [3.63, 3.8) is 0 Å². The van der Waals surface area contributed by atoms with E-state index in [1.165, 1.54) is 24.9 Å². The molecular formula is C24H28N2O. The summed E-state index contributed by atoms with van der Waals surface area (Å²) in [7, 11) is 1.85. The number of benzene rings is 2. The van der Waals surface area contributed by atoms with Gasteiger partial charge in [0.2, 0.25) is 5.91 Å². The zero-order valence-corrected chi connectivity index (χ0v) is 16.3. The Kier molecular flexibility index (Phi) is 6.48. The molecule has 2 aromatic rings. The SMILES string of the molecule is CCCCCN1C=C/C(=C\C(=O)N(C)Cc2ccccc2)c2ccccc21. The smallest absolute Gasteiger partial charge is 0.247 e. The van der Waals surface area contributed by atoms with Crippen molar-refractivity contribution in [1.82, 2.24) is 4.90 Å². The summed E-state index contributed by atoms with van der Waals surface area (Å²) < 4.78 is 0. The van der Waals surface area contributed by atoms with Gasteiger partial charge in [0.05, 0.1) is 0 Å². The van der Waals surface area contributed by atoms with Crippen molar-refractivity contribution < 1.29 is 4.79 Å². The Morgan fingerprint density at radius 3 is 2.56 bits per heavy atom. The van der Waals surface area contributed by atoms with Gasteiger partial charge in [0.15, 0.2) is 0 Å². The van der Waals surface area contributed by atoms with Crippen molar-refractivity contribution in [3.8, 4) is 0 Å². The Labute approximate surface area is 162 Å². The standard InChI is InChI=1S/C24H28N2O/c1-3-4-10-16-26-17-15-21(22-13-8-9-14-23(22)26)18-24(27)25(2)19-20-11-6-5-7-12-20/h5-9,11-15,17-18H,3-4,10,16,19H2,1-2H3/b21-18+. The monoisotopic (exact) mass is 360 g/mol. The molecule has 0 N–H and O–H groups in total. The number of hydrogen-bond acceptors (Lipinski definition) is 2. The molecule has 1 amide bonds.